The molecular formula is C28H35NO6. The van der Waals surface area contributed by atoms with Crippen molar-refractivity contribution in [1.82, 2.24) is 4.90 Å². The van der Waals surface area contributed by atoms with Gasteiger partial charge in [0.1, 0.15) is 17.3 Å². The van der Waals surface area contributed by atoms with E-state index in [1.165, 1.54) is 4.90 Å². The minimum absolute atomic E-state index is 0.0694. The topological polar surface area (TPSA) is 85.3 Å². The van der Waals surface area contributed by atoms with Crippen LogP contribution in [0.25, 0.3) is 5.76 Å². The van der Waals surface area contributed by atoms with Crippen LogP contribution in [0.5, 0.6) is 11.5 Å². The minimum Gasteiger partial charge on any atom is -0.507 e. The Morgan fingerprint density at radius 3 is 2.46 bits per heavy atom. The lowest BCUT2D eigenvalue weighted by Gasteiger charge is -2.25. The summed E-state index contributed by atoms with van der Waals surface area (Å²) in [5.74, 6) is -0.0272. The number of carbonyl (C=O) groups excluding carboxylic acids is 2. The summed E-state index contributed by atoms with van der Waals surface area (Å²) < 4.78 is 16.5. The predicted molar refractivity (Wildman–Crippen MR) is 135 cm³/mol. The van der Waals surface area contributed by atoms with Gasteiger partial charge < -0.3 is 24.2 Å². The summed E-state index contributed by atoms with van der Waals surface area (Å²) in [6, 6.07) is 11.9. The van der Waals surface area contributed by atoms with E-state index in [4.69, 9.17) is 14.2 Å². The number of hydrogen-bond donors (Lipinski definition) is 1. The molecule has 188 valence electrons. The van der Waals surface area contributed by atoms with Gasteiger partial charge >= 0.3 is 0 Å². The number of likely N-dealkylation sites (tertiary alicyclic amines) is 1. The molecule has 35 heavy (non-hydrogen) atoms. The van der Waals surface area contributed by atoms with E-state index in [2.05, 4.69) is 0 Å². The Balaban J connectivity index is 2.16. The molecule has 0 aliphatic carbocycles. The molecule has 0 bridgehead atoms. The lowest BCUT2D eigenvalue weighted by Crippen LogP contribution is -2.31. The normalized spacial score (nSPS) is 17.3. The van der Waals surface area contributed by atoms with Gasteiger partial charge in [0.2, 0.25) is 0 Å². The van der Waals surface area contributed by atoms with Crippen LogP contribution < -0.4 is 9.47 Å². The zero-order chi connectivity index (χ0) is 25.5. The highest BCUT2D eigenvalue weighted by Crippen LogP contribution is 2.41. The maximum atomic E-state index is 13.2. The monoisotopic (exact) mass is 481 g/mol. The van der Waals surface area contributed by atoms with E-state index in [0.717, 1.165) is 11.3 Å². The van der Waals surface area contributed by atoms with Crippen molar-refractivity contribution in [3.63, 3.8) is 0 Å². The van der Waals surface area contributed by atoms with Crippen LogP contribution in [0.4, 0.5) is 0 Å². The average Bonchev–Trinajstić information content (AvgIpc) is 3.09. The molecule has 3 rings (SSSR count). The lowest BCUT2D eigenvalue weighted by atomic mass is 9.93. The van der Waals surface area contributed by atoms with Crippen LogP contribution in [0.1, 0.15) is 62.8 Å². The molecule has 0 saturated carbocycles. The Labute approximate surface area is 207 Å². The molecule has 2 aromatic carbocycles. The van der Waals surface area contributed by atoms with E-state index in [1.54, 1.807) is 19.2 Å². The van der Waals surface area contributed by atoms with Gasteiger partial charge in [-0.1, -0.05) is 26.0 Å². The molecular weight excluding hydrogens is 446 g/mol. The second kappa shape index (κ2) is 11.9. The number of ketones is 1. The van der Waals surface area contributed by atoms with Crippen molar-refractivity contribution in [2.75, 3.05) is 33.5 Å². The highest BCUT2D eigenvalue weighted by molar-refractivity contribution is 6.46. The van der Waals surface area contributed by atoms with E-state index < -0.39 is 17.7 Å². The summed E-state index contributed by atoms with van der Waals surface area (Å²) in [6.07, 6.45) is 0.561. The molecule has 2 aromatic rings. The van der Waals surface area contributed by atoms with Crippen molar-refractivity contribution in [3.8, 4) is 11.5 Å². The number of aliphatic hydroxyl groups is 1. The van der Waals surface area contributed by atoms with E-state index in [1.807, 2.05) is 58.0 Å². The third-order valence-corrected chi connectivity index (χ3v) is 5.98. The van der Waals surface area contributed by atoms with Crippen molar-refractivity contribution >= 4 is 17.4 Å². The highest BCUT2D eigenvalue weighted by Gasteiger charge is 2.46. The van der Waals surface area contributed by atoms with Gasteiger partial charge in [0.05, 0.1) is 24.8 Å². The first-order valence-corrected chi connectivity index (χ1v) is 12.1. The standard InChI is InChI=1S/C28H35NO6/c1-6-34-21-11-8-10-19(16-21)25-24(27(31)28(32)29(25)14-9-15-33-5)26(30)20-12-13-23(35-7-2)22(17-20)18(3)4/h8,10-13,16-18,25,30H,6-7,9,14-15H2,1-5H3/b26-24+. The Hall–Kier alpha value is -3.32. The first-order chi connectivity index (χ1) is 16.8. The maximum Gasteiger partial charge on any atom is 0.295 e. The number of carbonyl (C=O) groups is 2. The van der Waals surface area contributed by atoms with E-state index in [-0.39, 0.29) is 17.3 Å². The van der Waals surface area contributed by atoms with Gasteiger partial charge in [0.15, 0.2) is 0 Å². The van der Waals surface area contributed by atoms with Crippen LogP contribution in [0.3, 0.4) is 0 Å². The molecule has 7 heteroatoms. The largest absolute Gasteiger partial charge is 0.507 e. The Morgan fingerprint density at radius 1 is 1.06 bits per heavy atom. The van der Waals surface area contributed by atoms with E-state index in [0.29, 0.717) is 49.7 Å². The van der Waals surface area contributed by atoms with Gasteiger partial charge in [-0.3, -0.25) is 9.59 Å². The zero-order valence-electron chi connectivity index (χ0n) is 21.2. The summed E-state index contributed by atoms with van der Waals surface area (Å²) in [5, 5.41) is 11.4. The number of Topliss-reactive ketones (excluding diaryl/α,β-unsaturated/α-hetero) is 1. The molecule has 1 aliphatic rings. The van der Waals surface area contributed by atoms with Gasteiger partial charge in [0.25, 0.3) is 11.7 Å². The molecule has 0 radical (unpaired) electrons. The fourth-order valence-electron chi connectivity index (χ4n) is 4.37. The van der Waals surface area contributed by atoms with Crippen LogP contribution in [0.2, 0.25) is 0 Å². The van der Waals surface area contributed by atoms with E-state index >= 15 is 0 Å². The molecule has 0 aromatic heterocycles. The van der Waals surface area contributed by atoms with Crippen molar-refractivity contribution in [2.45, 2.75) is 46.1 Å². The van der Waals surface area contributed by atoms with Crippen LogP contribution in [0, 0.1) is 0 Å². The number of ether oxygens (including phenoxy) is 3. The molecule has 1 atom stereocenters. The lowest BCUT2D eigenvalue weighted by molar-refractivity contribution is -0.140. The maximum absolute atomic E-state index is 13.2. The quantitative estimate of drug-likeness (QED) is 0.209. The van der Waals surface area contributed by atoms with Crippen LogP contribution in [-0.4, -0.2) is 55.2 Å². The van der Waals surface area contributed by atoms with Crippen LogP contribution >= 0.6 is 0 Å². The number of hydrogen-bond acceptors (Lipinski definition) is 6. The average molecular weight is 482 g/mol. The number of aliphatic hydroxyl groups excluding tert-OH is 1. The number of rotatable bonds is 11. The summed E-state index contributed by atoms with van der Waals surface area (Å²) in [5.41, 5.74) is 2.15. The van der Waals surface area contributed by atoms with Gasteiger partial charge in [-0.15, -0.1) is 0 Å². The number of amides is 1. The highest BCUT2D eigenvalue weighted by atomic mass is 16.5. The third-order valence-electron chi connectivity index (χ3n) is 5.98. The smallest absolute Gasteiger partial charge is 0.295 e. The number of benzene rings is 2. The number of methoxy groups -OCH3 is 1. The first-order valence-electron chi connectivity index (χ1n) is 12.1. The van der Waals surface area contributed by atoms with Crippen LogP contribution in [0.15, 0.2) is 48.0 Å². The summed E-state index contributed by atoms with van der Waals surface area (Å²) in [7, 11) is 1.59. The van der Waals surface area contributed by atoms with Gasteiger partial charge in [0, 0.05) is 25.8 Å². The molecule has 0 spiro atoms. The molecule has 1 N–H and O–H groups in total. The van der Waals surface area contributed by atoms with Crippen molar-refractivity contribution in [1.29, 1.82) is 0 Å². The molecule has 1 saturated heterocycles. The molecule has 1 fully saturated rings. The fourth-order valence-corrected chi connectivity index (χ4v) is 4.37. The predicted octanol–water partition coefficient (Wildman–Crippen LogP) is 5.07. The summed E-state index contributed by atoms with van der Waals surface area (Å²) >= 11 is 0. The summed E-state index contributed by atoms with van der Waals surface area (Å²) in [4.78, 5) is 27.9. The molecule has 1 amide bonds. The fraction of sp³-hybridized carbons (Fsp3) is 0.429. The molecule has 1 heterocycles. The molecule has 1 unspecified atom stereocenters. The van der Waals surface area contributed by atoms with Crippen molar-refractivity contribution in [3.05, 3.63) is 64.7 Å². The Bertz CT molecular complexity index is 1090. The Kier molecular flexibility index (Phi) is 8.93. The van der Waals surface area contributed by atoms with Gasteiger partial charge in [-0.2, -0.15) is 0 Å². The second-order valence-corrected chi connectivity index (χ2v) is 8.68. The van der Waals surface area contributed by atoms with Crippen LogP contribution in [-0.2, 0) is 14.3 Å². The van der Waals surface area contributed by atoms with Crippen molar-refractivity contribution < 1.29 is 28.9 Å². The zero-order valence-corrected chi connectivity index (χ0v) is 21.2. The molecule has 1 aliphatic heterocycles. The Morgan fingerprint density at radius 2 is 1.80 bits per heavy atom. The SMILES string of the molecule is CCOc1cccc(C2/C(=C(\O)c3ccc(OCC)c(C(C)C)c3)C(=O)C(=O)N2CCCOC)c1. The summed E-state index contributed by atoms with van der Waals surface area (Å²) in [6.45, 7) is 9.66. The minimum atomic E-state index is -0.735. The van der Waals surface area contributed by atoms with Crippen molar-refractivity contribution in [2.24, 2.45) is 0 Å². The first kappa shape index (κ1) is 26.3. The third kappa shape index (κ3) is 5.68. The van der Waals surface area contributed by atoms with Gasteiger partial charge in [-0.05, 0) is 67.6 Å². The number of nitrogens with zero attached hydrogens (tertiary/aromatic N) is 1. The second-order valence-electron chi connectivity index (χ2n) is 8.68. The molecule has 7 nitrogen and oxygen atoms in total. The van der Waals surface area contributed by atoms with E-state index in [9.17, 15) is 14.7 Å². The van der Waals surface area contributed by atoms with Gasteiger partial charge in [-0.25, -0.2) is 0 Å².